The zero-order chi connectivity index (χ0) is 15.4. The van der Waals surface area contributed by atoms with E-state index in [0.717, 1.165) is 38.6 Å². The van der Waals surface area contributed by atoms with E-state index in [1.807, 2.05) is 4.90 Å². The van der Waals surface area contributed by atoms with Crippen molar-refractivity contribution in [3.8, 4) is 0 Å². The number of urea groups is 1. The van der Waals surface area contributed by atoms with Crippen molar-refractivity contribution in [3.63, 3.8) is 0 Å². The second-order valence-electron chi connectivity index (χ2n) is 6.96. The number of likely N-dealkylation sites (tertiary alicyclic amines) is 1. The molecule has 1 aliphatic carbocycles. The summed E-state index contributed by atoms with van der Waals surface area (Å²) in [6.07, 6.45) is 6.19. The molecule has 21 heavy (non-hydrogen) atoms. The highest BCUT2D eigenvalue weighted by Gasteiger charge is 2.32. The first-order chi connectivity index (χ1) is 9.97. The minimum Gasteiger partial charge on any atom is -0.481 e. The van der Waals surface area contributed by atoms with Gasteiger partial charge in [0.25, 0.3) is 0 Å². The number of hydrogen-bond acceptors (Lipinski definition) is 2. The highest BCUT2D eigenvalue weighted by Crippen LogP contribution is 2.26. The Kier molecular flexibility index (Phi) is 5.48. The lowest BCUT2D eigenvalue weighted by molar-refractivity contribution is -0.142. The summed E-state index contributed by atoms with van der Waals surface area (Å²) >= 11 is 0. The van der Waals surface area contributed by atoms with Crippen LogP contribution in [-0.2, 0) is 4.79 Å². The van der Waals surface area contributed by atoms with Crippen molar-refractivity contribution in [2.75, 3.05) is 6.54 Å². The van der Waals surface area contributed by atoms with Crippen LogP contribution in [0.3, 0.4) is 0 Å². The minimum absolute atomic E-state index is 0.0527. The van der Waals surface area contributed by atoms with E-state index in [-0.39, 0.29) is 18.0 Å². The second kappa shape index (κ2) is 7.14. The molecule has 0 radical (unpaired) electrons. The number of hydrogen-bond donors (Lipinski definition) is 2. The molecule has 2 fully saturated rings. The van der Waals surface area contributed by atoms with E-state index in [4.69, 9.17) is 5.11 Å². The summed E-state index contributed by atoms with van der Waals surface area (Å²) in [4.78, 5) is 25.4. The predicted molar refractivity (Wildman–Crippen MR) is 81.1 cm³/mol. The lowest BCUT2D eigenvalue weighted by atomic mass is 9.86. The third-order valence-electron chi connectivity index (χ3n) is 4.79. The Morgan fingerprint density at radius 2 is 1.86 bits per heavy atom. The van der Waals surface area contributed by atoms with Crippen LogP contribution in [0.25, 0.3) is 0 Å². The fourth-order valence-electron chi connectivity index (χ4n) is 3.63. The second-order valence-corrected chi connectivity index (χ2v) is 6.96. The largest absolute Gasteiger partial charge is 0.481 e. The Morgan fingerprint density at radius 1 is 1.19 bits per heavy atom. The molecular formula is C16H28N2O3. The van der Waals surface area contributed by atoms with Gasteiger partial charge in [-0.15, -0.1) is 0 Å². The smallest absolute Gasteiger partial charge is 0.317 e. The van der Waals surface area contributed by atoms with Crippen LogP contribution in [0, 0.1) is 11.8 Å². The van der Waals surface area contributed by atoms with Gasteiger partial charge in [-0.3, -0.25) is 4.79 Å². The first kappa shape index (κ1) is 16.1. The Bertz CT molecular complexity index is 376. The van der Waals surface area contributed by atoms with Gasteiger partial charge >= 0.3 is 12.0 Å². The zero-order valence-corrected chi connectivity index (χ0v) is 13.2. The van der Waals surface area contributed by atoms with Crippen molar-refractivity contribution in [2.24, 2.45) is 11.8 Å². The van der Waals surface area contributed by atoms with Crippen molar-refractivity contribution in [2.45, 2.75) is 70.9 Å². The maximum Gasteiger partial charge on any atom is 0.317 e. The number of aliphatic carboxylic acids is 1. The highest BCUT2D eigenvalue weighted by molar-refractivity contribution is 5.75. The normalized spacial score (nSPS) is 29.7. The third-order valence-corrected chi connectivity index (χ3v) is 4.79. The van der Waals surface area contributed by atoms with E-state index in [1.54, 1.807) is 0 Å². The van der Waals surface area contributed by atoms with Gasteiger partial charge in [-0.1, -0.05) is 13.8 Å². The monoisotopic (exact) mass is 296 g/mol. The van der Waals surface area contributed by atoms with Gasteiger partial charge in [0.15, 0.2) is 0 Å². The van der Waals surface area contributed by atoms with Gasteiger partial charge in [0, 0.05) is 18.6 Å². The van der Waals surface area contributed by atoms with Crippen LogP contribution >= 0.6 is 0 Å². The van der Waals surface area contributed by atoms with Crippen LogP contribution in [0.15, 0.2) is 0 Å². The Morgan fingerprint density at radius 3 is 2.43 bits per heavy atom. The van der Waals surface area contributed by atoms with E-state index in [1.165, 1.54) is 0 Å². The topological polar surface area (TPSA) is 69.6 Å². The number of carboxylic acid groups (broad SMARTS) is 1. The SMILES string of the molecule is CC(C)CC1CCCN1C(=O)NC1CCC(C(=O)O)CC1. The molecule has 1 heterocycles. The third kappa shape index (κ3) is 4.35. The minimum atomic E-state index is -0.698. The van der Waals surface area contributed by atoms with Crippen molar-refractivity contribution >= 4 is 12.0 Å². The van der Waals surface area contributed by atoms with E-state index >= 15 is 0 Å². The fourth-order valence-corrected chi connectivity index (χ4v) is 3.63. The van der Waals surface area contributed by atoms with Gasteiger partial charge in [0.1, 0.15) is 0 Å². The first-order valence-corrected chi connectivity index (χ1v) is 8.27. The lowest BCUT2D eigenvalue weighted by Crippen LogP contribution is -2.48. The number of carbonyl (C=O) groups excluding carboxylic acids is 1. The molecule has 0 spiro atoms. The zero-order valence-electron chi connectivity index (χ0n) is 13.2. The molecule has 0 aromatic rings. The molecule has 0 bridgehead atoms. The van der Waals surface area contributed by atoms with Gasteiger partial charge in [0.05, 0.1) is 5.92 Å². The van der Waals surface area contributed by atoms with Crippen LogP contribution in [0.4, 0.5) is 4.79 Å². The molecule has 0 aromatic heterocycles. The Labute approximate surface area is 127 Å². The van der Waals surface area contributed by atoms with Gasteiger partial charge in [-0.05, 0) is 50.9 Å². The van der Waals surface area contributed by atoms with Gasteiger partial charge in [-0.2, -0.15) is 0 Å². The predicted octanol–water partition coefficient (Wildman–Crippen LogP) is 2.85. The van der Waals surface area contributed by atoms with Crippen LogP contribution in [0.2, 0.25) is 0 Å². The molecule has 1 saturated carbocycles. The highest BCUT2D eigenvalue weighted by atomic mass is 16.4. The molecule has 120 valence electrons. The number of rotatable bonds is 4. The number of nitrogens with one attached hydrogen (secondary N) is 1. The van der Waals surface area contributed by atoms with E-state index in [9.17, 15) is 9.59 Å². The molecule has 1 aliphatic heterocycles. The molecule has 0 aromatic carbocycles. The van der Waals surface area contributed by atoms with E-state index in [0.29, 0.717) is 24.8 Å². The van der Waals surface area contributed by atoms with Crippen LogP contribution < -0.4 is 5.32 Å². The summed E-state index contributed by atoms with van der Waals surface area (Å²) in [5, 5.41) is 12.1. The van der Waals surface area contributed by atoms with E-state index < -0.39 is 5.97 Å². The molecule has 5 nitrogen and oxygen atoms in total. The van der Waals surface area contributed by atoms with Gasteiger partial charge in [-0.25, -0.2) is 4.79 Å². The molecule has 2 aliphatic rings. The van der Waals surface area contributed by atoms with Gasteiger partial charge in [0.2, 0.25) is 0 Å². The summed E-state index contributed by atoms with van der Waals surface area (Å²) in [6.45, 7) is 5.25. The lowest BCUT2D eigenvalue weighted by Gasteiger charge is -2.31. The quantitative estimate of drug-likeness (QED) is 0.838. The van der Waals surface area contributed by atoms with Crippen molar-refractivity contribution in [3.05, 3.63) is 0 Å². The Balaban J connectivity index is 1.80. The molecule has 2 rings (SSSR count). The molecule has 1 atom stereocenters. The number of carbonyl (C=O) groups is 2. The van der Waals surface area contributed by atoms with Crippen LogP contribution in [0.1, 0.15) is 58.8 Å². The molecule has 2 N–H and O–H groups in total. The standard InChI is InChI=1S/C16H28N2O3/c1-11(2)10-14-4-3-9-18(14)16(21)17-13-7-5-12(6-8-13)15(19)20/h11-14H,3-10H2,1-2H3,(H,17,21)(H,19,20). The number of amides is 2. The molecule has 1 unspecified atom stereocenters. The first-order valence-electron chi connectivity index (χ1n) is 8.27. The van der Waals surface area contributed by atoms with Crippen molar-refractivity contribution < 1.29 is 14.7 Å². The summed E-state index contributed by atoms with van der Waals surface area (Å²) in [6, 6.07) is 0.575. The summed E-state index contributed by atoms with van der Waals surface area (Å²) in [5.41, 5.74) is 0. The number of carboxylic acids is 1. The van der Waals surface area contributed by atoms with Crippen molar-refractivity contribution in [1.82, 2.24) is 10.2 Å². The van der Waals surface area contributed by atoms with Crippen LogP contribution in [-0.4, -0.2) is 40.6 Å². The fraction of sp³-hybridized carbons (Fsp3) is 0.875. The molecule has 5 heteroatoms. The van der Waals surface area contributed by atoms with E-state index in [2.05, 4.69) is 19.2 Å². The summed E-state index contributed by atoms with van der Waals surface area (Å²) < 4.78 is 0. The molecule has 1 saturated heterocycles. The van der Waals surface area contributed by atoms with Crippen LogP contribution in [0.5, 0.6) is 0 Å². The average molecular weight is 296 g/mol. The average Bonchev–Trinajstić information content (AvgIpc) is 2.86. The van der Waals surface area contributed by atoms with Gasteiger partial charge < -0.3 is 15.3 Å². The summed E-state index contributed by atoms with van der Waals surface area (Å²) in [7, 11) is 0. The number of nitrogens with zero attached hydrogens (tertiary/aromatic N) is 1. The Hall–Kier alpha value is -1.26. The maximum absolute atomic E-state index is 12.4. The maximum atomic E-state index is 12.4. The molecule has 2 amide bonds. The summed E-state index contributed by atoms with van der Waals surface area (Å²) in [5.74, 6) is -0.315. The molecular weight excluding hydrogens is 268 g/mol. The van der Waals surface area contributed by atoms with Crippen molar-refractivity contribution in [1.29, 1.82) is 0 Å².